The van der Waals surface area contributed by atoms with Crippen molar-refractivity contribution in [1.82, 2.24) is 14.8 Å². The highest BCUT2D eigenvalue weighted by molar-refractivity contribution is 8.24. The number of fused-ring (bicyclic) bond motifs is 1. The quantitative estimate of drug-likeness (QED) is 0.549. The molecule has 1 saturated carbocycles. The second kappa shape index (κ2) is 7.35. The van der Waals surface area contributed by atoms with E-state index in [4.69, 9.17) is 10.6 Å². The Labute approximate surface area is 181 Å². The van der Waals surface area contributed by atoms with E-state index in [1.807, 2.05) is 17.8 Å². The van der Waals surface area contributed by atoms with Gasteiger partial charge in [-0.1, -0.05) is 5.16 Å². The molecule has 10 nitrogen and oxygen atoms in total. The van der Waals surface area contributed by atoms with Gasteiger partial charge in [0.25, 0.3) is 0 Å². The lowest BCUT2D eigenvalue weighted by Crippen LogP contribution is -2.49. The molecule has 0 bridgehead atoms. The van der Waals surface area contributed by atoms with Crippen LogP contribution in [-0.4, -0.2) is 58.6 Å². The molecule has 1 aliphatic carbocycles. The standard InChI is InChI=1S/C20H28N6O4S/c1-2-26-19-15(11-23-26)17(24-13-3-5-31(28,29)6-4-13)14(10-22-19)16-9-20(30-25-16)7-12(8-20)18(21)27/h10-13,28-29H,2-9H2,1H3,(H2,21,27)(H,22,24). The molecule has 31 heavy (non-hydrogen) atoms. The minimum Gasteiger partial charge on any atom is -0.388 e. The largest absolute Gasteiger partial charge is 0.388 e. The number of nitrogens with two attached hydrogens (primary N) is 1. The van der Waals surface area contributed by atoms with E-state index >= 15 is 0 Å². The highest BCUT2D eigenvalue weighted by atomic mass is 32.3. The molecule has 0 aromatic carbocycles. The molecule has 2 fully saturated rings. The van der Waals surface area contributed by atoms with Crippen molar-refractivity contribution in [2.75, 3.05) is 16.8 Å². The molecule has 1 saturated heterocycles. The van der Waals surface area contributed by atoms with Crippen LogP contribution < -0.4 is 11.1 Å². The van der Waals surface area contributed by atoms with Crippen LogP contribution in [0.5, 0.6) is 0 Å². The number of carbonyl (C=O) groups excluding carboxylic acids is 1. The SMILES string of the molecule is CCn1ncc2c(NC3CCS(O)(O)CC3)c(C3=NOC4(C3)CC(C(N)=O)C4)cnc21. The molecule has 5 rings (SSSR count). The Kier molecular flexibility index (Phi) is 4.87. The molecular formula is C20H28N6O4S. The smallest absolute Gasteiger partial charge is 0.220 e. The summed E-state index contributed by atoms with van der Waals surface area (Å²) in [6.45, 7) is 2.73. The average Bonchev–Trinajstić information content (AvgIpc) is 3.33. The van der Waals surface area contributed by atoms with Crippen LogP contribution in [0.2, 0.25) is 0 Å². The molecule has 1 amide bonds. The summed E-state index contributed by atoms with van der Waals surface area (Å²) in [6.07, 6.45) is 6.75. The Balaban J connectivity index is 1.44. The fraction of sp³-hybridized carbons (Fsp3) is 0.600. The molecule has 2 aromatic rings. The summed E-state index contributed by atoms with van der Waals surface area (Å²) in [6, 6.07) is 0.120. The zero-order chi connectivity index (χ0) is 21.8. The molecule has 0 unspecified atom stereocenters. The van der Waals surface area contributed by atoms with E-state index in [0.717, 1.165) is 28.0 Å². The first-order valence-electron chi connectivity index (χ1n) is 10.7. The lowest BCUT2D eigenvalue weighted by molar-refractivity contribution is -0.144. The van der Waals surface area contributed by atoms with Crippen molar-refractivity contribution < 1.29 is 18.7 Å². The number of primary amides is 1. The van der Waals surface area contributed by atoms with Crippen molar-refractivity contribution in [3.8, 4) is 0 Å². The first-order chi connectivity index (χ1) is 14.8. The predicted molar refractivity (Wildman–Crippen MR) is 119 cm³/mol. The molecule has 0 atom stereocenters. The number of nitrogens with one attached hydrogen (secondary N) is 1. The Morgan fingerprint density at radius 1 is 1.35 bits per heavy atom. The van der Waals surface area contributed by atoms with Crippen LogP contribution in [0.3, 0.4) is 0 Å². The number of rotatable bonds is 5. The van der Waals surface area contributed by atoms with Crippen LogP contribution in [0.4, 0.5) is 5.69 Å². The molecule has 5 N–H and O–H groups in total. The third kappa shape index (κ3) is 3.64. The van der Waals surface area contributed by atoms with E-state index in [0.29, 0.717) is 50.2 Å². The van der Waals surface area contributed by atoms with Gasteiger partial charge in [0.1, 0.15) is 5.60 Å². The predicted octanol–water partition coefficient (Wildman–Crippen LogP) is 2.53. The van der Waals surface area contributed by atoms with Crippen LogP contribution in [0.15, 0.2) is 17.5 Å². The van der Waals surface area contributed by atoms with Gasteiger partial charge in [-0.15, -0.1) is 0 Å². The van der Waals surface area contributed by atoms with Gasteiger partial charge in [0.2, 0.25) is 5.91 Å². The minimum absolute atomic E-state index is 0.120. The number of hydrogen-bond acceptors (Lipinski definition) is 8. The van der Waals surface area contributed by atoms with Crippen molar-refractivity contribution in [3.63, 3.8) is 0 Å². The number of carbonyl (C=O) groups is 1. The first-order valence-corrected chi connectivity index (χ1v) is 12.6. The van der Waals surface area contributed by atoms with E-state index in [2.05, 4.69) is 20.6 Å². The molecular weight excluding hydrogens is 420 g/mol. The van der Waals surface area contributed by atoms with Crippen molar-refractivity contribution in [2.24, 2.45) is 16.8 Å². The number of anilines is 1. The fourth-order valence-corrected chi connectivity index (χ4v) is 6.34. The van der Waals surface area contributed by atoms with E-state index in [1.165, 1.54) is 0 Å². The Hall–Kier alpha value is -2.37. The molecule has 4 heterocycles. The molecule has 0 radical (unpaired) electrons. The van der Waals surface area contributed by atoms with Crippen molar-refractivity contribution in [1.29, 1.82) is 0 Å². The van der Waals surface area contributed by atoms with Crippen LogP contribution >= 0.6 is 10.6 Å². The molecule has 2 aliphatic heterocycles. The maximum Gasteiger partial charge on any atom is 0.220 e. The summed E-state index contributed by atoms with van der Waals surface area (Å²) in [5, 5.41) is 13.4. The highest BCUT2D eigenvalue weighted by Crippen LogP contribution is 2.48. The monoisotopic (exact) mass is 448 g/mol. The van der Waals surface area contributed by atoms with Gasteiger partial charge in [0.05, 0.1) is 23.0 Å². The van der Waals surface area contributed by atoms with Gasteiger partial charge in [-0.25, -0.2) is 9.67 Å². The topological polar surface area (TPSA) is 148 Å². The van der Waals surface area contributed by atoms with E-state index in [1.54, 1.807) is 6.20 Å². The molecule has 2 aromatic heterocycles. The number of amides is 1. The second-order valence-corrected chi connectivity index (χ2v) is 11.3. The Morgan fingerprint density at radius 3 is 2.77 bits per heavy atom. The Morgan fingerprint density at radius 2 is 2.10 bits per heavy atom. The van der Waals surface area contributed by atoms with Gasteiger partial charge >= 0.3 is 0 Å². The van der Waals surface area contributed by atoms with Gasteiger partial charge in [-0.05, 0) is 19.8 Å². The normalized spacial score (nSPS) is 23.9. The number of nitrogens with zero attached hydrogens (tertiary/aromatic N) is 4. The number of pyridine rings is 1. The van der Waals surface area contributed by atoms with E-state index in [9.17, 15) is 13.9 Å². The molecule has 3 aliphatic rings. The Bertz CT molecular complexity index is 1050. The van der Waals surface area contributed by atoms with Crippen molar-refractivity contribution in [3.05, 3.63) is 18.0 Å². The summed E-state index contributed by atoms with van der Waals surface area (Å²) in [4.78, 5) is 21.9. The van der Waals surface area contributed by atoms with Crippen LogP contribution in [0.25, 0.3) is 11.0 Å². The zero-order valence-corrected chi connectivity index (χ0v) is 18.3. The van der Waals surface area contributed by atoms with Gasteiger partial charge in [-0.2, -0.15) is 15.7 Å². The summed E-state index contributed by atoms with van der Waals surface area (Å²) in [5.74, 6) is 0.370. The molecule has 11 heteroatoms. The lowest BCUT2D eigenvalue weighted by atomic mass is 9.68. The van der Waals surface area contributed by atoms with Crippen molar-refractivity contribution in [2.45, 2.75) is 57.2 Å². The maximum absolute atomic E-state index is 11.4. The van der Waals surface area contributed by atoms with E-state index in [-0.39, 0.29) is 17.9 Å². The number of oxime groups is 1. The highest BCUT2D eigenvalue weighted by Gasteiger charge is 2.53. The molecule has 168 valence electrons. The van der Waals surface area contributed by atoms with Gasteiger partial charge in [-0.3, -0.25) is 13.9 Å². The summed E-state index contributed by atoms with van der Waals surface area (Å²) in [5.41, 5.74) is 8.33. The lowest BCUT2D eigenvalue weighted by Gasteiger charge is -2.40. The second-order valence-electron chi connectivity index (χ2n) is 8.87. The van der Waals surface area contributed by atoms with Crippen LogP contribution in [-0.2, 0) is 16.2 Å². The third-order valence-corrected chi connectivity index (χ3v) is 8.47. The van der Waals surface area contributed by atoms with Gasteiger partial charge < -0.3 is 15.9 Å². The summed E-state index contributed by atoms with van der Waals surface area (Å²) >= 11 is 0. The van der Waals surface area contributed by atoms with Gasteiger partial charge in [0, 0.05) is 61.0 Å². The number of hydrogen-bond donors (Lipinski definition) is 4. The zero-order valence-electron chi connectivity index (χ0n) is 17.5. The number of aryl methyl sites for hydroxylation is 1. The average molecular weight is 449 g/mol. The summed E-state index contributed by atoms with van der Waals surface area (Å²) in [7, 11) is -2.45. The third-order valence-electron chi connectivity index (χ3n) is 6.69. The maximum atomic E-state index is 11.4. The first kappa shape index (κ1) is 20.5. The molecule has 1 spiro atoms. The van der Waals surface area contributed by atoms with Gasteiger partial charge in [0.15, 0.2) is 5.65 Å². The minimum atomic E-state index is -2.45. The van der Waals surface area contributed by atoms with E-state index < -0.39 is 16.2 Å². The summed E-state index contributed by atoms with van der Waals surface area (Å²) < 4.78 is 21.8. The fourth-order valence-electron chi connectivity index (χ4n) is 4.81. The van der Waals surface area contributed by atoms with Crippen molar-refractivity contribution >= 4 is 38.9 Å². The number of aromatic nitrogens is 3. The van der Waals surface area contributed by atoms with Crippen LogP contribution in [0.1, 0.15) is 44.6 Å². The van der Waals surface area contributed by atoms with Crippen LogP contribution in [0, 0.1) is 5.92 Å².